The van der Waals surface area contributed by atoms with Crippen molar-refractivity contribution in [2.45, 2.75) is 33.7 Å². The van der Waals surface area contributed by atoms with Crippen LogP contribution in [-0.2, 0) is 6.54 Å². The van der Waals surface area contributed by atoms with Crippen molar-refractivity contribution in [2.75, 3.05) is 25.0 Å². The van der Waals surface area contributed by atoms with Crippen LogP contribution in [0.25, 0.3) is 0 Å². The fourth-order valence-electron chi connectivity index (χ4n) is 2.12. The maximum Gasteiger partial charge on any atom is 0.0471 e. The smallest absolute Gasteiger partial charge is 0.0471 e. The van der Waals surface area contributed by atoms with Gasteiger partial charge in [0.2, 0.25) is 0 Å². The van der Waals surface area contributed by atoms with Gasteiger partial charge in [-0.2, -0.15) is 0 Å². The summed E-state index contributed by atoms with van der Waals surface area (Å²) in [6.07, 6.45) is 1.14. The Bertz CT molecular complexity index is 364. The molecule has 0 saturated carbocycles. The Morgan fingerprint density at radius 3 is 2.67 bits per heavy atom. The van der Waals surface area contributed by atoms with Crippen molar-refractivity contribution in [3.05, 3.63) is 28.8 Å². The summed E-state index contributed by atoms with van der Waals surface area (Å²) in [5, 5.41) is 4.28. The van der Waals surface area contributed by atoms with E-state index < -0.39 is 0 Å². The average molecular weight is 269 g/mol. The third-order valence-corrected chi connectivity index (χ3v) is 3.23. The second-order valence-electron chi connectivity index (χ2n) is 5.19. The second-order valence-corrected chi connectivity index (χ2v) is 5.60. The topological polar surface area (TPSA) is 15.3 Å². The Hall–Kier alpha value is -0.730. The molecule has 102 valence electrons. The zero-order valence-electron chi connectivity index (χ0n) is 12.0. The first-order chi connectivity index (χ1) is 8.56. The van der Waals surface area contributed by atoms with Gasteiger partial charge in [-0.05, 0) is 31.0 Å². The lowest BCUT2D eigenvalue weighted by molar-refractivity contribution is 0.632. The number of anilines is 1. The molecule has 0 radical (unpaired) electrons. The van der Waals surface area contributed by atoms with Gasteiger partial charge in [0, 0.05) is 36.4 Å². The summed E-state index contributed by atoms with van der Waals surface area (Å²) < 4.78 is 0. The number of rotatable bonds is 7. The van der Waals surface area contributed by atoms with Crippen molar-refractivity contribution < 1.29 is 0 Å². The van der Waals surface area contributed by atoms with Crippen LogP contribution in [0.4, 0.5) is 5.69 Å². The summed E-state index contributed by atoms with van der Waals surface area (Å²) in [5.41, 5.74) is 2.44. The number of nitrogens with one attached hydrogen (secondary N) is 1. The van der Waals surface area contributed by atoms with Gasteiger partial charge in [0.15, 0.2) is 0 Å². The predicted octanol–water partition coefficient (Wildman–Crippen LogP) is 3.93. The molecule has 0 aliphatic carbocycles. The van der Waals surface area contributed by atoms with Crippen molar-refractivity contribution in [2.24, 2.45) is 5.92 Å². The van der Waals surface area contributed by atoms with Gasteiger partial charge in [-0.1, -0.05) is 38.4 Å². The first kappa shape index (κ1) is 15.3. The van der Waals surface area contributed by atoms with Crippen LogP contribution < -0.4 is 10.2 Å². The third-order valence-electron chi connectivity index (χ3n) is 2.87. The Kier molecular flexibility index (Phi) is 6.51. The molecule has 0 fully saturated rings. The summed E-state index contributed by atoms with van der Waals surface area (Å²) in [6.45, 7) is 9.54. The van der Waals surface area contributed by atoms with Crippen LogP contribution >= 0.6 is 11.6 Å². The average Bonchev–Trinajstić information content (AvgIpc) is 2.30. The van der Waals surface area contributed by atoms with E-state index >= 15 is 0 Å². The summed E-state index contributed by atoms with van der Waals surface area (Å²) in [6, 6.07) is 6.15. The number of benzene rings is 1. The molecule has 0 aliphatic heterocycles. The fraction of sp³-hybridized carbons (Fsp3) is 0.600. The van der Waals surface area contributed by atoms with E-state index in [4.69, 9.17) is 11.6 Å². The van der Waals surface area contributed by atoms with Crippen LogP contribution in [0, 0.1) is 5.92 Å². The molecule has 0 amide bonds. The fourth-order valence-corrected chi connectivity index (χ4v) is 2.35. The number of nitrogens with zero attached hydrogens (tertiary/aromatic N) is 1. The molecule has 0 aliphatic rings. The molecular weight excluding hydrogens is 244 g/mol. The molecule has 2 nitrogen and oxygen atoms in total. The van der Waals surface area contributed by atoms with Crippen molar-refractivity contribution >= 4 is 17.3 Å². The molecule has 1 aromatic rings. The van der Waals surface area contributed by atoms with Gasteiger partial charge >= 0.3 is 0 Å². The minimum Gasteiger partial charge on any atom is -0.374 e. The summed E-state index contributed by atoms with van der Waals surface area (Å²) in [4.78, 5) is 2.29. The van der Waals surface area contributed by atoms with Crippen molar-refractivity contribution in [1.29, 1.82) is 0 Å². The van der Waals surface area contributed by atoms with E-state index in [1.165, 1.54) is 11.3 Å². The minimum atomic E-state index is 0.644. The molecule has 0 atom stereocenters. The van der Waals surface area contributed by atoms with E-state index in [1.54, 1.807) is 0 Å². The molecular formula is C15H25ClN2. The van der Waals surface area contributed by atoms with Crippen LogP contribution in [0.15, 0.2) is 18.2 Å². The lowest BCUT2D eigenvalue weighted by Gasteiger charge is -2.25. The van der Waals surface area contributed by atoms with Gasteiger partial charge in [0.05, 0.1) is 0 Å². The summed E-state index contributed by atoms with van der Waals surface area (Å²) in [7, 11) is 2.13. The van der Waals surface area contributed by atoms with Crippen LogP contribution in [0.3, 0.4) is 0 Å². The molecule has 18 heavy (non-hydrogen) atoms. The molecule has 0 unspecified atom stereocenters. The molecule has 1 aromatic carbocycles. The second kappa shape index (κ2) is 7.65. The van der Waals surface area contributed by atoms with Crippen molar-refractivity contribution in [3.63, 3.8) is 0 Å². The highest BCUT2D eigenvalue weighted by molar-refractivity contribution is 6.31. The number of halogens is 1. The van der Waals surface area contributed by atoms with E-state index in [0.29, 0.717) is 5.92 Å². The van der Waals surface area contributed by atoms with Crippen LogP contribution in [0.1, 0.15) is 32.8 Å². The van der Waals surface area contributed by atoms with E-state index in [1.807, 2.05) is 12.1 Å². The highest BCUT2D eigenvalue weighted by Crippen LogP contribution is 2.27. The van der Waals surface area contributed by atoms with Crippen LogP contribution in [0.5, 0.6) is 0 Å². The van der Waals surface area contributed by atoms with E-state index in [0.717, 1.165) is 31.1 Å². The quantitative estimate of drug-likeness (QED) is 0.754. The van der Waals surface area contributed by atoms with E-state index in [-0.39, 0.29) is 0 Å². The monoisotopic (exact) mass is 268 g/mol. The zero-order chi connectivity index (χ0) is 13.5. The first-order valence-corrected chi connectivity index (χ1v) is 7.13. The normalized spacial score (nSPS) is 11.0. The molecule has 1 N–H and O–H groups in total. The predicted molar refractivity (Wildman–Crippen MR) is 81.6 cm³/mol. The van der Waals surface area contributed by atoms with Gasteiger partial charge in [0.25, 0.3) is 0 Å². The van der Waals surface area contributed by atoms with Crippen molar-refractivity contribution in [3.8, 4) is 0 Å². The van der Waals surface area contributed by atoms with E-state index in [2.05, 4.69) is 44.1 Å². The molecule has 0 aromatic heterocycles. The minimum absolute atomic E-state index is 0.644. The van der Waals surface area contributed by atoms with Crippen LogP contribution in [-0.4, -0.2) is 20.1 Å². The molecule has 1 rings (SSSR count). The molecule has 3 heteroatoms. The standard InChI is InChI=1S/C15H25ClN2/c1-5-9-17-10-13-14(16)7-6-8-15(13)18(4)11-12(2)3/h6-8,12,17H,5,9-11H2,1-4H3. The van der Waals surface area contributed by atoms with Gasteiger partial charge in [-0.3, -0.25) is 0 Å². The maximum atomic E-state index is 6.32. The molecule has 0 heterocycles. The number of hydrogen-bond acceptors (Lipinski definition) is 2. The molecule has 0 spiro atoms. The summed E-state index contributed by atoms with van der Waals surface area (Å²) in [5.74, 6) is 0.644. The third kappa shape index (κ3) is 4.51. The van der Waals surface area contributed by atoms with Gasteiger partial charge in [-0.15, -0.1) is 0 Å². The largest absolute Gasteiger partial charge is 0.374 e. The lowest BCUT2D eigenvalue weighted by Crippen LogP contribution is -2.25. The Morgan fingerprint density at radius 1 is 1.33 bits per heavy atom. The Morgan fingerprint density at radius 2 is 2.06 bits per heavy atom. The highest BCUT2D eigenvalue weighted by Gasteiger charge is 2.11. The maximum absolute atomic E-state index is 6.32. The van der Waals surface area contributed by atoms with Gasteiger partial charge in [0.1, 0.15) is 0 Å². The van der Waals surface area contributed by atoms with E-state index in [9.17, 15) is 0 Å². The van der Waals surface area contributed by atoms with Gasteiger partial charge < -0.3 is 10.2 Å². The highest BCUT2D eigenvalue weighted by atomic mass is 35.5. The van der Waals surface area contributed by atoms with Crippen LogP contribution in [0.2, 0.25) is 5.02 Å². The molecule has 0 saturated heterocycles. The Balaban J connectivity index is 2.85. The molecule has 0 bridgehead atoms. The zero-order valence-corrected chi connectivity index (χ0v) is 12.7. The first-order valence-electron chi connectivity index (χ1n) is 6.75. The van der Waals surface area contributed by atoms with Crippen molar-refractivity contribution in [1.82, 2.24) is 5.32 Å². The SMILES string of the molecule is CCCNCc1c(Cl)cccc1N(C)CC(C)C. The number of hydrogen-bond donors (Lipinski definition) is 1. The lowest BCUT2D eigenvalue weighted by atomic mass is 10.1. The Labute approximate surface area is 116 Å². The summed E-state index contributed by atoms with van der Waals surface area (Å²) >= 11 is 6.32. The van der Waals surface area contributed by atoms with Gasteiger partial charge in [-0.25, -0.2) is 0 Å².